The summed E-state index contributed by atoms with van der Waals surface area (Å²) in [6.07, 6.45) is 0. The average molecular weight is 314 g/mol. The first-order valence-electron chi connectivity index (χ1n) is 5.38. The van der Waals surface area contributed by atoms with Crippen LogP contribution in [0.5, 0.6) is 5.75 Å². The molecule has 104 valence electrons. The van der Waals surface area contributed by atoms with Crippen LogP contribution in [0.15, 0.2) is 24.3 Å². The molecule has 2 N–H and O–H groups in total. The van der Waals surface area contributed by atoms with E-state index in [0.29, 0.717) is 11.4 Å². The van der Waals surface area contributed by atoms with Gasteiger partial charge in [-0.05, 0) is 12.1 Å². The van der Waals surface area contributed by atoms with Gasteiger partial charge in [0.15, 0.2) is 10.3 Å². The number of carboxylic acids is 1. The summed E-state index contributed by atoms with van der Waals surface area (Å²) in [5.74, 6) is -0.841. The zero-order valence-corrected chi connectivity index (χ0v) is 11.7. The summed E-state index contributed by atoms with van der Waals surface area (Å²) in [5, 5.41) is 19.5. The second kappa shape index (κ2) is 5.94. The monoisotopic (exact) mass is 313 g/mol. The van der Waals surface area contributed by atoms with Gasteiger partial charge in [0.05, 0.1) is 12.8 Å². The van der Waals surface area contributed by atoms with Crippen molar-refractivity contribution >= 4 is 40.5 Å². The van der Waals surface area contributed by atoms with Crippen LogP contribution in [-0.4, -0.2) is 28.4 Å². The summed E-state index contributed by atoms with van der Waals surface area (Å²) in [6, 6.07) is 6.05. The molecule has 0 unspecified atom stereocenters. The third-order valence-electron chi connectivity index (χ3n) is 2.43. The fourth-order valence-corrected chi connectivity index (χ4v) is 1.83. The SMILES string of the molecule is COc1cc(Nc2cc(Cl)nnc2Cl)ccc1C(=O)O. The molecule has 0 amide bonds. The number of aromatic carboxylic acids is 1. The van der Waals surface area contributed by atoms with Crippen molar-refractivity contribution in [3.63, 3.8) is 0 Å². The number of hydrogen-bond acceptors (Lipinski definition) is 5. The third kappa shape index (κ3) is 3.09. The fraction of sp³-hybridized carbons (Fsp3) is 0.0833. The van der Waals surface area contributed by atoms with E-state index in [9.17, 15) is 4.79 Å². The normalized spacial score (nSPS) is 10.2. The summed E-state index contributed by atoms with van der Waals surface area (Å²) in [6.45, 7) is 0. The van der Waals surface area contributed by atoms with Crippen LogP contribution in [0.25, 0.3) is 0 Å². The van der Waals surface area contributed by atoms with Crippen LogP contribution in [0.3, 0.4) is 0 Å². The fourth-order valence-electron chi connectivity index (χ4n) is 1.54. The average Bonchev–Trinajstić information content (AvgIpc) is 2.42. The molecule has 0 atom stereocenters. The largest absolute Gasteiger partial charge is 0.496 e. The van der Waals surface area contributed by atoms with Crippen LogP contribution in [0.1, 0.15) is 10.4 Å². The van der Waals surface area contributed by atoms with Crippen LogP contribution >= 0.6 is 23.2 Å². The van der Waals surface area contributed by atoms with Gasteiger partial charge in [0.25, 0.3) is 0 Å². The maximum absolute atomic E-state index is 11.0. The Labute approximate surface area is 124 Å². The number of aromatic nitrogens is 2. The minimum Gasteiger partial charge on any atom is -0.496 e. The lowest BCUT2D eigenvalue weighted by molar-refractivity contribution is 0.0693. The van der Waals surface area contributed by atoms with Crippen LogP contribution < -0.4 is 10.1 Å². The van der Waals surface area contributed by atoms with Gasteiger partial charge < -0.3 is 15.2 Å². The van der Waals surface area contributed by atoms with Crippen molar-refractivity contribution in [3.8, 4) is 5.75 Å². The van der Waals surface area contributed by atoms with Gasteiger partial charge in [-0.15, -0.1) is 10.2 Å². The maximum atomic E-state index is 11.0. The molecule has 0 radical (unpaired) electrons. The Hall–Kier alpha value is -2.05. The topological polar surface area (TPSA) is 84.3 Å². The molecule has 1 aromatic carbocycles. The molecule has 2 aromatic rings. The van der Waals surface area contributed by atoms with E-state index >= 15 is 0 Å². The molecule has 0 aliphatic carbocycles. The lowest BCUT2D eigenvalue weighted by Gasteiger charge is -2.10. The molecule has 0 bridgehead atoms. The van der Waals surface area contributed by atoms with Gasteiger partial charge in [0.2, 0.25) is 0 Å². The zero-order valence-electron chi connectivity index (χ0n) is 10.2. The molecule has 2 rings (SSSR count). The Morgan fingerprint density at radius 1 is 1.30 bits per heavy atom. The standard InChI is InChI=1S/C12H9Cl2N3O3/c1-20-9-4-6(2-3-7(9)12(18)19)15-8-5-10(13)16-17-11(8)14/h2-5H,1H3,(H,15,16)(H,18,19). The van der Waals surface area contributed by atoms with Gasteiger partial charge >= 0.3 is 5.97 Å². The van der Waals surface area contributed by atoms with E-state index in [-0.39, 0.29) is 21.6 Å². The second-order valence-electron chi connectivity index (χ2n) is 3.72. The van der Waals surface area contributed by atoms with Crippen molar-refractivity contribution in [1.29, 1.82) is 0 Å². The second-order valence-corrected chi connectivity index (χ2v) is 4.46. The number of carbonyl (C=O) groups is 1. The van der Waals surface area contributed by atoms with E-state index in [1.54, 1.807) is 6.07 Å². The molecular formula is C12H9Cl2N3O3. The van der Waals surface area contributed by atoms with Crippen LogP contribution in [-0.2, 0) is 0 Å². The van der Waals surface area contributed by atoms with Gasteiger partial charge in [-0.2, -0.15) is 0 Å². The number of nitrogens with zero attached hydrogens (tertiary/aromatic N) is 2. The van der Waals surface area contributed by atoms with Gasteiger partial charge in [-0.3, -0.25) is 0 Å². The Morgan fingerprint density at radius 3 is 2.70 bits per heavy atom. The maximum Gasteiger partial charge on any atom is 0.339 e. The number of methoxy groups -OCH3 is 1. The van der Waals surface area contributed by atoms with Crippen LogP contribution in [0, 0.1) is 0 Å². The highest BCUT2D eigenvalue weighted by atomic mass is 35.5. The first-order valence-corrected chi connectivity index (χ1v) is 6.14. The van der Waals surface area contributed by atoms with Crippen molar-refractivity contribution < 1.29 is 14.6 Å². The minimum atomic E-state index is -1.07. The number of ether oxygens (including phenoxy) is 1. The number of anilines is 2. The Bertz CT molecular complexity index is 664. The number of carboxylic acid groups (broad SMARTS) is 1. The lowest BCUT2D eigenvalue weighted by atomic mass is 10.2. The molecule has 1 aromatic heterocycles. The van der Waals surface area contributed by atoms with Crippen molar-refractivity contribution in [1.82, 2.24) is 10.2 Å². The van der Waals surface area contributed by atoms with E-state index in [4.69, 9.17) is 33.0 Å². The molecule has 1 heterocycles. The highest BCUT2D eigenvalue weighted by Gasteiger charge is 2.12. The number of nitrogens with one attached hydrogen (secondary N) is 1. The number of benzene rings is 1. The van der Waals surface area contributed by atoms with E-state index < -0.39 is 5.97 Å². The van der Waals surface area contributed by atoms with Gasteiger partial charge in [0, 0.05) is 17.8 Å². The quantitative estimate of drug-likeness (QED) is 0.901. The number of rotatable bonds is 4. The lowest BCUT2D eigenvalue weighted by Crippen LogP contribution is -2.02. The molecule has 0 spiro atoms. The molecule has 0 saturated carbocycles. The molecule has 20 heavy (non-hydrogen) atoms. The molecule has 0 saturated heterocycles. The Balaban J connectivity index is 2.34. The third-order valence-corrected chi connectivity index (χ3v) is 2.89. The number of halogens is 2. The number of hydrogen-bond donors (Lipinski definition) is 2. The van der Waals surface area contributed by atoms with E-state index in [2.05, 4.69) is 15.5 Å². The predicted molar refractivity (Wildman–Crippen MR) is 75.3 cm³/mol. The highest BCUT2D eigenvalue weighted by molar-refractivity contribution is 6.33. The first-order chi connectivity index (χ1) is 9.51. The summed E-state index contributed by atoms with van der Waals surface area (Å²) in [4.78, 5) is 11.0. The van der Waals surface area contributed by atoms with Crippen molar-refractivity contribution in [3.05, 3.63) is 40.1 Å². The Morgan fingerprint density at radius 2 is 2.05 bits per heavy atom. The van der Waals surface area contributed by atoms with Crippen LogP contribution in [0.2, 0.25) is 10.3 Å². The summed E-state index contributed by atoms with van der Waals surface area (Å²) in [5.41, 5.74) is 1.10. The van der Waals surface area contributed by atoms with Gasteiger partial charge in [-0.25, -0.2) is 4.79 Å². The van der Waals surface area contributed by atoms with Crippen LogP contribution in [0.4, 0.5) is 11.4 Å². The Kier molecular flexibility index (Phi) is 4.26. The van der Waals surface area contributed by atoms with E-state index in [1.165, 1.54) is 25.3 Å². The van der Waals surface area contributed by atoms with E-state index in [1.807, 2.05) is 0 Å². The molecule has 0 aliphatic rings. The van der Waals surface area contributed by atoms with Crippen molar-refractivity contribution in [2.45, 2.75) is 0 Å². The van der Waals surface area contributed by atoms with Gasteiger partial charge in [0.1, 0.15) is 11.3 Å². The molecule has 0 aliphatic heterocycles. The molecule has 8 heteroatoms. The summed E-state index contributed by atoms with van der Waals surface area (Å²) >= 11 is 11.6. The van der Waals surface area contributed by atoms with Crippen molar-refractivity contribution in [2.24, 2.45) is 0 Å². The molecule has 0 fully saturated rings. The molecular weight excluding hydrogens is 305 g/mol. The smallest absolute Gasteiger partial charge is 0.339 e. The predicted octanol–water partition coefficient (Wildman–Crippen LogP) is 3.23. The summed E-state index contributed by atoms with van der Waals surface area (Å²) < 4.78 is 5.03. The highest BCUT2D eigenvalue weighted by Crippen LogP contribution is 2.28. The minimum absolute atomic E-state index is 0.0648. The zero-order chi connectivity index (χ0) is 14.7. The summed E-state index contributed by atoms with van der Waals surface area (Å²) in [7, 11) is 1.39. The van der Waals surface area contributed by atoms with Crippen molar-refractivity contribution in [2.75, 3.05) is 12.4 Å². The van der Waals surface area contributed by atoms with Gasteiger partial charge in [-0.1, -0.05) is 23.2 Å². The van der Waals surface area contributed by atoms with E-state index in [0.717, 1.165) is 0 Å². The first kappa shape index (κ1) is 14.4. The molecule has 6 nitrogen and oxygen atoms in total.